The van der Waals surface area contributed by atoms with Crippen molar-refractivity contribution in [3.63, 3.8) is 0 Å². The lowest BCUT2D eigenvalue weighted by atomic mass is 10.2. The molecular formula is C15H15NO4S. The topological polar surface area (TPSA) is 72.5 Å². The van der Waals surface area contributed by atoms with E-state index in [4.69, 9.17) is 4.74 Å². The summed E-state index contributed by atoms with van der Waals surface area (Å²) in [7, 11) is -2.19. The minimum Gasteiger partial charge on any atom is -0.497 e. The number of hydrogen-bond acceptors (Lipinski definition) is 4. The first-order chi connectivity index (χ1) is 9.92. The number of hydrogen-bond donors (Lipinski definition) is 1. The molecule has 110 valence electrons. The summed E-state index contributed by atoms with van der Waals surface area (Å²) < 4.78 is 32.0. The number of rotatable bonds is 5. The number of anilines is 1. The summed E-state index contributed by atoms with van der Waals surface area (Å²) in [6.07, 6.45) is 0. The van der Waals surface area contributed by atoms with E-state index in [1.54, 1.807) is 24.3 Å². The van der Waals surface area contributed by atoms with Crippen LogP contribution in [0.1, 0.15) is 17.3 Å². The minimum atomic E-state index is -3.70. The van der Waals surface area contributed by atoms with E-state index < -0.39 is 10.0 Å². The zero-order valence-corrected chi connectivity index (χ0v) is 12.5. The van der Waals surface area contributed by atoms with Crippen LogP contribution in [0, 0.1) is 0 Å². The average Bonchev–Trinajstić information content (AvgIpc) is 2.47. The summed E-state index contributed by atoms with van der Waals surface area (Å²) >= 11 is 0. The molecule has 5 nitrogen and oxygen atoms in total. The molecule has 0 aliphatic carbocycles. The lowest BCUT2D eigenvalue weighted by Crippen LogP contribution is -2.13. The van der Waals surface area contributed by atoms with Gasteiger partial charge in [-0.25, -0.2) is 8.42 Å². The van der Waals surface area contributed by atoms with Gasteiger partial charge >= 0.3 is 0 Å². The van der Waals surface area contributed by atoms with Crippen molar-refractivity contribution in [2.45, 2.75) is 11.8 Å². The molecule has 0 saturated carbocycles. The van der Waals surface area contributed by atoms with E-state index in [2.05, 4.69) is 4.72 Å². The van der Waals surface area contributed by atoms with Gasteiger partial charge in [-0.2, -0.15) is 0 Å². The Hall–Kier alpha value is -2.34. The molecule has 2 aromatic carbocycles. The highest BCUT2D eigenvalue weighted by molar-refractivity contribution is 7.92. The van der Waals surface area contributed by atoms with Crippen LogP contribution in [0.2, 0.25) is 0 Å². The second kappa shape index (κ2) is 5.97. The van der Waals surface area contributed by atoms with E-state index in [1.165, 1.54) is 38.3 Å². The van der Waals surface area contributed by atoms with Crippen LogP contribution in [0.4, 0.5) is 5.69 Å². The molecule has 6 heteroatoms. The van der Waals surface area contributed by atoms with Crippen LogP contribution in [0.25, 0.3) is 0 Å². The highest BCUT2D eigenvalue weighted by atomic mass is 32.2. The molecule has 0 heterocycles. The lowest BCUT2D eigenvalue weighted by molar-refractivity contribution is 0.101. The summed E-state index contributed by atoms with van der Waals surface area (Å²) in [4.78, 5) is 11.3. The molecule has 0 radical (unpaired) electrons. The highest BCUT2D eigenvalue weighted by Crippen LogP contribution is 2.20. The Kier molecular flexibility index (Phi) is 4.28. The smallest absolute Gasteiger partial charge is 0.261 e. The fourth-order valence-electron chi connectivity index (χ4n) is 1.77. The van der Waals surface area contributed by atoms with Gasteiger partial charge in [0.2, 0.25) is 0 Å². The molecule has 0 spiro atoms. The molecule has 0 atom stereocenters. The second-order valence-corrected chi connectivity index (χ2v) is 6.10. The zero-order valence-electron chi connectivity index (χ0n) is 11.7. The summed E-state index contributed by atoms with van der Waals surface area (Å²) in [6, 6.07) is 12.4. The fourth-order valence-corrected chi connectivity index (χ4v) is 2.82. The van der Waals surface area contributed by atoms with E-state index in [9.17, 15) is 13.2 Å². The predicted molar refractivity (Wildman–Crippen MR) is 80.2 cm³/mol. The first kappa shape index (κ1) is 15.1. The quantitative estimate of drug-likeness (QED) is 0.862. The van der Waals surface area contributed by atoms with Crippen molar-refractivity contribution in [1.29, 1.82) is 0 Å². The Bertz CT molecular complexity index is 751. The number of Topliss-reactive ketones (excluding diaryl/α,β-unsaturated/α-hetero) is 1. The third-order valence-corrected chi connectivity index (χ3v) is 4.29. The van der Waals surface area contributed by atoms with Gasteiger partial charge < -0.3 is 4.74 Å². The second-order valence-electron chi connectivity index (χ2n) is 4.42. The molecule has 1 N–H and O–H groups in total. The van der Waals surface area contributed by atoms with E-state index in [0.29, 0.717) is 17.0 Å². The minimum absolute atomic E-state index is 0.0929. The SMILES string of the molecule is COc1cccc(NS(=O)(=O)c2ccc(C(C)=O)cc2)c1. The van der Waals surface area contributed by atoms with Gasteiger partial charge in [-0.1, -0.05) is 18.2 Å². The van der Waals surface area contributed by atoms with Crippen molar-refractivity contribution in [3.05, 3.63) is 54.1 Å². The summed E-state index contributed by atoms with van der Waals surface area (Å²) in [5.41, 5.74) is 0.875. The van der Waals surface area contributed by atoms with Gasteiger partial charge in [0.25, 0.3) is 10.0 Å². The van der Waals surface area contributed by atoms with Gasteiger partial charge in [0.1, 0.15) is 5.75 Å². The van der Waals surface area contributed by atoms with Crippen LogP contribution in [0.15, 0.2) is 53.4 Å². The summed E-state index contributed by atoms with van der Waals surface area (Å²) in [5.74, 6) is 0.446. The van der Waals surface area contributed by atoms with E-state index >= 15 is 0 Å². The number of ketones is 1. The first-order valence-electron chi connectivity index (χ1n) is 6.20. The van der Waals surface area contributed by atoms with Crippen molar-refractivity contribution in [2.24, 2.45) is 0 Å². The Morgan fingerprint density at radius 3 is 2.33 bits per heavy atom. The Labute approximate surface area is 123 Å². The molecule has 21 heavy (non-hydrogen) atoms. The van der Waals surface area contributed by atoms with Gasteiger partial charge in [-0.3, -0.25) is 9.52 Å². The van der Waals surface area contributed by atoms with Crippen LogP contribution >= 0.6 is 0 Å². The van der Waals surface area contributed by atoms with E-state index in [1.807, 2.05) is 0 Å². The maximum atomic E-state index is 12.2. The molecule has 0 aromatic heterocycles. The molecule has 0 aliphatic rings. The fraction of sp³-hybridized carbons (Fsp3) is 0.133. The van der Waals surface area contributed by atoms with Crippen LogP contribution in [-0.2, 0) is 10.0 Å². The summed E-state index contributed by atoms with van der Waals surface area (Å²) in [5, 5.41) is 0. The monoisotopic (exact) mass is 305 g/mol. The number of carbonyl (C=O) groups is 1. The van der Waals surface area contributed by atoms with Crippen molar-refractivity contribution >= 4 is 21.5 Å². The van der Waals surface area contributed by atoms with Gasteiger partial charge in [0.05, 0.1) is 17.7 Å². The van der Waals surface area contributed by atoms with Crippen molar-refractivity contribution in [3.8, 4) is 5.75 Å². The Morgan fingerprint density at radius 1 is 1.10 bits per heavy atom. The van der Waals surface area contributed by atoms with Gasteiger partial charge in [-0.15, -0.1) is 0 Å². The molecule has 2 aromatic rings. The maximum absolute atomic E-state index is 12.2. The van der Waals surface area contributed by atoms with Crippen LogP contribution in [0.3, 0.4) is 0 Å². The summed E-state index contributed by atoms with van der Waals surface area (Å²) in [6.45, 7) is 1.43. The van der Waals surface area contributed by atoms with Gasteiger partial charge in [0, 0.05) is 11.6 Å². The molecule has 0 aliphatic heterocycles. The molecule has 0 fully saturated rings. The molecule has 0 saturated heterocycles. The molecular weight excluding hydrogens is 290 g/mol. The van der Waals surface area contributed by atoms with Crippen molar-refractivity contribution < 1.29 is 17.9 Å². The molecule has 0 bridgehead atoms. The zero-order chi connectivity index (χ0) is 15.5. The van der Waals surface area contributed by atoms with E-state index in [0.717, 1.165) is 0 Å². The molecule has 0 amide bonds. The third kappa shape index (κ3) is 3.61. The maximum Gasteiger partial charge on any atom is 0.261 e. The van der Waals surface area contributed by atoms with Gasteiger partial charge in [0.15, 0.2) is 5.78 Å². The number of benzene rings is 2. The number of nitrogens with one attached hydrogen (secondary N) is 1. The predicted octanol–water partition coefficient (Wildman–Crippen LogP) is 2.70. The van der Waals surface area contributed by atoms with E-state index in [-0.39, 0.29) is 10.7 Å². The normalized spacial score (nSPS) is 11.0. The van der Waals surface area contributed by atoms with Crippen LogP contribution < -0.4 is 9.46 Å². The Morgan fingerprint density at radius 2 is 1.76 bits per heavy atom. The largest absolute Gasteiger partial charge is 0.497 e. The lowest BCUT2D eigenvalue weighted by Gasteiger charge is -2.09. The number of carbonyl (C=O) groups excluding carboxylic acids is 1. The molecule has 2 rings (SSSR count). The third-order valence-electron chi connectivity index (χ3n) is 2.89. The van der Waals surface area contributed by atoms with Crippen molar-refractivity contribution in [1.82, 2.24) is 0 Å². The number of ether oxygens (including phenoxy) is 1. The first-order valence-corrected chi connectivity index (χ1v) is 7.68. The number of sulfonamides is 1. The van der Waals surface area contributed by atoms with Crippen LogP contribution in [0.5, 0.6) is 5.75 Å². The highest BCUT2D eigenvalue weighted by Gasteiger charge is 2.14. The standard InChI is InChI=1S/C15H15NO4S/c1-11(17)12-6-8-15(9-7-12)21(18,19)16-13-4-3-5-14(10-13)20-2/h3-10,16H,1-2H3. The molecule has 0 unspecified atom stereocenters. The van der Waals surface area contributed by atoms with Gasteiger partial charge in [-0.05, 0) is 31.2 Å². The average molecular weight is 305 g/mol. The Balaban J connectivity index is 2.27. The van der Waals surface area contributed by atoms with Crippen molar-refractivity contribution in [2.75, 3.05) is 11.8 Å². The number of methoxy groups -OCH3 is 1. The van der Waals surface area contributed by atoms with Crippen LogP contribution in [-0.4, -0.2) is 21.3 Å².